The zero-order valence-electron chi connectivity index (χ0n) is 11.1. The fraction of sp³-hybridized carbons (Fsp3) is 0.400. The lowest BCUT2D eigenvalue weighted by Crippen LogP contribution is -1.98. The number of furan rings is 1. The standard InChI is InChI=1S/C15H18O4/c1-9(2)5-11-6-12-10(3-4-16)8-19-15(12)13(7-17)14(11)18/h6-9,16,18H,3-5H2,1-2H3. The number of aliphatic hydroxyl groups excluding tert-OH is 1. The van der Waals surface area contributed by atoms with E-state index in [9.17, 15) is 9.90 Å². The third kappa shape index (κ3) is 2.49. The molecule has 1 aromatic heterocycles. The van der Waals surface area contributed by atoms with Crippen LogP contribution in [-0.2, 0) is 12.8 Å². The molecule has 0 radical (unpaired) electrons. The number of aliphatic hydroxyl groups is 1. The number of phenols is 1. The Morgan fingerprint density at radius 1 is 1.37 bits per heavy atom. The van der Waals surface area contributed by atoms with Crippen LogP contribution in [0, 0.1) is 5.92 Å². The molecule has 102 valence electrons. The van der Waals surface area contributed by atoms with Crippen LogP contribution in [-0.4, -0.2) is 23.1 Å². The lowest BCUT2D eigenvalue weighted by molar-refractivity contribution is 0.112. The van der Waals surface area contributed by atoms with E-state index in [1.807, 2.05) is 19.9 Å². The highest BCUT2D eigenvalue weighted by Gasteiger charge is 2.18. The summed E-state index contributed by atoms with van der Waals surface area (Å²) in [6, 6.07) is 1.85. The van der Waals surface area contributed by atoms with E-state index in [0.29, 0.717) is 30.6 Å². The van der Waals surface area contributed by atoms with Crippen LogP contribution in [0.25, 0.3) is 11.0 Å². The van der Waals surface area contributed by atoms with Gasteiger partial charge in [0.15, 0.2) is 6.29 Å². The molecule has 1 aromatic carbocycles. The van der Waals surface area contributed by atoms with Gasteiger partial charge in [0.1, 0.15) is 11.3 Å². The van der Waals surface area contributed by atoms with Crippen molar-refractivity contribution in [3.8, 4) is 5.75 Å². The van der Waals surface area contributed by atoms with Crippen LogP contribution in [0.3, 0.4) is 0 Å². The van der Waals surface area contributed by atoms with E-state index in [-0.39, 0.29) is 17.9 Å². The van der Waals surface area contributed by atoms with Crippen LogP contribution in [0.15, 0.2) is 16.7 Å². The summed E-state index contributed by atoms with van der Waals surface area (Å²) in [6.07, 6.45) is 3.31. The Morgan fingerprint density at radius 2 is 2.11 bits per heavy atom. The first-order chi connectivity index (χ1) is 9.08. The van der Waals surface area contributed by atoms with Crippen LogP contribution in [0.1, 0.15) is 35.3 Å². The zero-order valence-corrected chi connectivity index (χ0v) is 11.1. The number of hydrogen-bond donors (Lipinski definition) is 2. The highest BCUT2D eigenvalue weighted by Crippen LogP contribution is 2.34. The van der Waals surface area contributed by atoms with Crippen molar-refractivity contribution in [3.05, 3.63) is 29.0 Å². The van der Waals surface area contributed by atoms with Crippen molar-refractivity contribution < 1.29 is 19.4 Å². The van der Waals surface area contributed by atoms with Gasteiger partial charge in [-0.15, -0.1) is 0 Å². The molecule has 0 aliphatic heterocycles. The summed E-state index contributed by atoms with van der Waals surface area (Å²) in [5, 5.41) is 20.0. The summed E-state index contributed by atoms with van der Waals surface area (Å²) < 4.78 is 5.36. The topological polar surface area (TPSA) is 70.7 Å². The predicted molar refractivity (Wildman–Crippen MR) is 72.6 cm³/mol. The fourth-order valence-corrected chi connectivity index (χ4v) is 2.31. The lowest BCUT2D eigenvalue weighted by Gasteiger charge is -2.10. The van der Waals surface area contributed by atoms with Gasteiger partial charge in [-0.25, -0.2) is 0 Å². The van der Waals surface area contributed by atoms with Crippen molar-refractivity contribution in [2.75, 3.05) is 6.61 Å². The quantitative estimate of drug-likeness (QED) is 0.813. The SMILES string of the molecule is CC(C)Cc1cc2c(CCO)coc2c(C=O)c1O. The van der Waals surface area contributed by atoms with Gasteiger partial charge in [0, 0.05) is 17.6 Å². The Hall–Kier alpha value is -1.81. The molecule has 2 rings (SSSR count). The molecule has 0 spiro atoms. The molecule has 0 unspecified atom stereocenters. The number of fused-ring (bicyclic) bond motifs is 1. The van der Waals surface area contributed by atoms with Crippen LogP contribution in [0.2, 0.25) is 0 Å². The van der Waals surface area contributed by atoms with Gasteiger partial charge in [-0.3, -0.25) is 4.79 Å². The summed E-state index contributed by atoms with van der Waals surface area (Å²) in [4.78, 5) is 11.2. The Kier molecular flexibility index (Phi) is 3.90. The monoisotopic (exact) mass is 262 g/mol. The third-order valence-electron chi connectivity index (χ3n) is 3.16. The smallest absolute Gasteiger partial charge is 0.157 e. The van der Waals surface area contributed by atoms with Gasteiger partial charge in [-0.05, 0) is 30.4 Å². The van der Waals surface area contributed by atoms with Crippen LogP contribution >= 0.6 is 0 Å². The van der Waals surface area contributed by atoms with Gasteiger partial charge in [0.05, 0.1) is 11.8 Å². The molecule has 0 saturated heterocycles. The summed E-state index contributed by atoms with van der Waals surface area (Å²) in [5.74, 6) is 0.372. The van der Waals surface area contributed by atoms with E-state index in [1.54, 1.807) is 0 Å². The minimum Gasteiger partial charge on any atom is -0.507 e. The second-order valence-corrected chi connectivity index (χ2v) is 5.13. The molecule has 0 fully saturated rings. The van der Waals surface area contributed by atoms with Gasteiger partial charge in [0.25, 0.3) is 0 Å². The zero-order chi connectivity index (χ0) is 14.0. The number of phenolic OH excluding ortho intramolecular Hbond substituents is 1. The fourth-order valence-electron chi connectivity index (χ4n) is 2.31. The van der Waals surface area contributed by atoms with E-state index >= 15 is 0 Å². The summed E-state index contributed by atoms with van der Waals surface area (Å²) in [6.45, 7) is 4.12. The van der Waals surface area contributed by atoms with Gasteiger partial charge in [0.2, 0.25) is 0 Å². The largest absolute Gasteiger partial charge is 0.507 e. The molecule has 19 heavy (non-hydrogen) atoms. The summed E-state index contributed by atoms with van der Waals surface area (Å²) in [5.41, 5.74) is 2.18. The molecule has 2 aromatic rings. The Morgan fingerprint density at radius 3 is 2.68 bits per heavy atom. The van der Waals surface area contributed by atoms with Crippen molar-refractivity contribution in [2.45, 2.75) is 26.7 Å². The number of carbonyl (C=O) groups is 1. The number of benzene rings is 1. The molecule has 0 aliphatic carbocycles. The molecular weight excluding hydrogens is 244 g/mol. The molecular formula is C15H18O4. The minimum absolute atomic E-state index is 0.00102. The first-order valence-electron chi connectivity index (χ1n) is 6.39. The van der Waals surface area contributed by atoms with Crippen molar-refractivity contribution in [2.24, 2.45) is 5.92 Å². The number of carbonyl (C=O) groups excluding carboxylic acids is 1. The first-order valence-corrected chi connectivity index (χ1v) is 6.39. The van der Waals surface area contributed by atoms with E-state index in [1.165, 1.54) is 6.26 Å². The second kappa shape index (κ2) is 5.45. The Labute approximate surface area is 111 Å². The van der Waals surface area contributed by atoms with Gasteiger partial charge >= 0.3 is 0 Å². The maximum atomic E-state index is 11.2. The van der Waals surface area contributed by atoms with Crippen molar-refractivity contribution >= 4 is 17.3 Å². The molecule has 1 heterocycles. The lowest BCUT2D eigenvalue weighted by atomic mass is 9.96. The maximum absolute atomic E-state index is 11.2. The Bertz CT molecular complexity index is 596. The molecule has 0 saturated carbocycles. The molecule has 0 aliphatic rings. The third-order valence-corrected chi connectivity index (χ3v) is 3.16. The predicted octanol–water partition coefficient (Wildman–Crippen LogP) is 2.68. The van der Waals surface area contributed by atoms with Gasteiger partial charge < -0.3 is 14.6 Å². The molecule has 4 nitrogen and oxygen atoms in total. The highest BCUT2D eigenvalue weighted by molar-refractivity contribution is 5.99. The van der Waals surface area contributed by atoms with Gasteiger partial charge in [-0.1, -0.05) is 13.8 Å². The van der Waals surface area contributed by atoms with E-state index < -0.39 is 0 Å². The van der Waals surface area contributed by atoms with Crippen molar-refractivity contribution in [3.63, 3.8) is 0 Å². The molecule has 0 atom stereocenters. The highest BCUT2D eigenvalue weighted by atomic mass is 16.3. The van der Waals surface area contributed by atoms with Crippen LogP contribution in [0.5, 0.6) is 5.75 Å². The van der Waals surface area contributed by atoms with Crippen molar-refractivity contribution in [1.29, 1.82) is 0 Å². The average molecular weight is 262 g/mol. The number of aldehydes is 1. The van der Waals surface area contributed by atoms with Crippen molar-refractivity contribution in [1.82, 2.24) is 0 Å². The van der Waals surface area contributed by atoms with E-state index in [2.05, 4.69) is 0 Å². The van der Waals surface area contributed by atoms with Crippen LogP contribution < -0.4 is 0 Å². The molecule has 0 amide bonds. The van der Waals surface area contributed by atoms with E-state index in [0.717, 1.165) is 16.5 Å². The molecule has 4 heteroatoms. The number of rotatable bonds is 5. The van der Waals surface area contributed by atoms with Gasteiger partial charge in [-0.2, -0.15) is 0 Å². The number of aromatic hydroxyl groups is 1. The second-order valence-electron chi connectivity index (χ2n) is 5.13. The first kappa shape index (κ1) is 13.6. The summed E-state index contributed by atoms with van der Waals surface area (Å²) >= 11 is 0. The molecule has 2 N–H and O–H groups in total. The number of hydrogen-bond acceptors (Lipinski definition) is 4. The maximum Gasteiger partial charge on any atom is 0.157 e. The molecule has 0 bridgehead atoms. The van der Waals surface area contributed by atoms with Crippen LogP contribution in [0.4, 0.5) is 0 Å². The minimum atomic E-state index is 0.00102. The average Bonchev–Trinajstić information content (AvgIpc) is 2.73. The van der Waals surface area contributed by atoms with E-state index in [4.69, 9.17) is 9.52 Å². The summed E-state index contributed by atoms with van der Waals surface area (Å²) in [7, 11) is 0. The Balaban J connectivity index is 2.66. The normalized spacial score (nSPS) is 11.4.